The molecule has 1 N–H and O–H groups in total. The summed E-state index contributed by atoms with van der Waals surface area (Å²) in [5, 5.41) is 11.2. The highest BCUT2D eigenvalue weighted by atomic mass is 32.2. The van der Waals surface area contributed by atoms with Crippen LogP contribution in [0.15, 0.2) is 60.7 Å². The van der Waals surface area contributed by atoms with Crippen molar-refractivity contribution in [2.75, 3.05) is 7.11 Å². The van der Waals surface area contributed by atoms with Gasteiger partial charge in [-0.25, -0.2) is 4.79 Å². The van der Waals surface area contributed by atoms with Crippen molar-refractivity contribution >= 4 is 26.9 Å². The summed E-state index contributed by atoms with van der Waals surface area (Å²) in [6, 6.07) is 16.0. The number of carbonyl (C=O) groups is 1. The first-order valence-corrected chi connectivity index (χ1v) is 11.3. The molecule has 1 unspecified atom stereocenters. The molecule has 0 spiro atoms. The zero-order chi connectivity index (χ0) is 24.2. The number of aryl methyl sites for hydroxylation is 1. The van der Waals surface area contributed by atoms with Gasteiger partial charge in [-0.05, 0) is 35.4 Å². The third kappa shape index (κ3) is 5.63. The summed E-state index contributed by atoms with van der Waals surface area (Å²) < 4.78 is 71.5. The maximum absolute atomic E-state index is 13.0. The van der Waals surface area contributed by atoms with Gasteiger partial charge in [0.1, 0.15) is 0 Å². The highest BCUT2D eigenvalue weighted by Gasteiger charge is 2.49. The number of aliphatic hydroxyl groups excluding tert-OH is 1. The molecule has 0 amide bonds. The quantitative estimate of drug-likeness (QED) is 0.291. The fraction of sp³-hybridized carbons (Fsp3) is 0.261. The molecule has 0 aliphatic rings. The van der Waals surface area contributed by atoms with Crippen molar-refractivity contribution in [2.24, 2.45) is 0 Å². The molecule has 0 heterocycles. The normalized spacial score (nSPS) is 13.0. The monoisotopic (exact) mass is 482 g/mol. The molecule has 3 rings (SSSR count). The zero-order valence-electron chi connectivity index (χ0n) is 17.5. The summed E-state index contributed by atoms with van der Waals surface area (Å²) in [5.74, 6) is -0.998. The van der Waals surface area contributed by atoms with Crippen LogP contribution in [0.4, 0.5) is 13.2 Å². The second-order valence-corrected chi connectivity index (χ2v) is 8.84. The molecule has 6 nitrogen and oxygen atoms in total. The van der Waals surface area contributed by atoms with Crippen molar-refractivity contribution in [2.45, 2.75) is 30.9 Å². The molecule has 3 aromatic rings. The smallest absolute Gasteiger partial charge is 0.465 e. The Kier molecular flexibility index (Phi) is 7.28. The van der Waals surface area contributed by atoms with Gasteiger partial charge in [0.15, 0.2) is 5.75 Å². The highest BCUT2D eigenvalue weighted by Crippen LogP contribution is 2.35. The number of fused-ring (bicyclic) bond motifs is 1. The summed E-state index contributed by atoms with van der Waals surface area (Å²) >= 11 is 0. The van der Waals surface area contributed by atoms with Crippen LogP contribution < -0.4 is 4.18 Å². The Morgan fingerprint density at radius 1 is 1.00 bits per heavy atom. The van der Waals surface area contributed by atoms with Gasteiger partial charge in [-0.1, -0.05) is 54.6 Å². The fourth-order valence-electron chi connectivity index (χ4n) is 3.43. The van der Waals surface area contributed by atoms with E-state index >= 15 is 0 Å². The van der Waals surface area contributed by atoms with Crippen LogP contribution in [0.5, 0.6) is 5.75 Å². The number of esters is 1. The molecule has 0 radical (unpaired) electrons. The highest BCUT2D eigenvalue weighted by molar-refractivity contribution is 7.88. The summed E-state index contributed by atoms with van der Waals surface area (Å²) in [4.78, 5) is 11.9. The van der Waals surface area contributed by atoms with Gasteiger partial charge >= 0.3 is 21.6 Å². The van der Waals surface area contributed by atoms with Crippen LogP contribution in [-0.4, -0.2) is 38.2 Å². The molecule has 0 saturated carbocycles. The zero-order valence-corrected chi connectivity index (χ0v) is 18.3. The van der Waals surface area contributed by atoms with Crippen LogP contribution in [0, 0.1) is 0 Å². The largest absolute Gasteiger partial charge is 0.534 e. The first-order chi connectivity index (χ1) is 15.5. The Morgan fingerprint density at radius 2 is 1.67 bits per heavy atom. The van der Waals surface area contributed by atoms with E-state index in [2.05, 4.69) is 4.18 Å². The van der Waals surface area contributed by atoms with Gasteiger partial charge in [0, 0.05) is 11.8 Å². The number of aliphatic hydroxyl groups is 1. The molecule has 0 aromatic heterocycles. The second-order valence-electron chi connectivity index (χ2n) is 7.30. The number of benzene rings is 3. The van der Waals surface area contributed by atoms with E-state index in [0.29, 0.717) is 16.5 Å². The molecule has 33 heavy (non-hydrogen) atoms. The van der Waals surface area contributed by atoms with Crippen molar-refractivity contribution in [1.29, 1.82) is 0 Å². The van der Waals surface area contributed by atoms with Gasteiger partial charge in [0.05, 0.1) is 18.8 Å². The molecule has 0 fully saturated rings. The van der Waals surface area contributed by atoms with Crippen LogP contribution in [0.25, 0.3) is 10.8 Å². The van der Waals surface area contributed by atoms with E-state index < -0.39 is 33.4 Å². The molecule has 0 aliphatic carbocycles. The number of halogens is 3. The topological polar surface area (TPSA) is 89.9 Å². The van der Waals surface area contributed by atoms with Gasteiger partial charge in [-0.15, -0.1) is 0 Å². The minimum Gasteiger partial charge on any atom is -0.465 e. The number of hydrogen-bond acceptors (Lipinski definition) is 6. The Morgan fingerprint density at radius 3 is 2.36 bits per heavy atom. The lowest BCUT2D eigenvalue weighted by Gasteiger charge is -2.18. The molecule has 176 valence electrons. The Balaban J connectivity index is 1.87. The predicted molar refractivity (Wildman–Crippen MR) is 115 cm³/mol. The van der Waals surface area contributed by atoms with Gasteiger partial charge < -0.3 is 14.0 Å². The third-order valence-corrected chi connectivity index (χ3v) is 6.02. The van der Waals surface area contributed by atoms with Crippen LogP contribution >= 0.6 is 0 Å². The van der Waals surface area contributed by atoms with E-state index in [1.807, 2.05) is 0 Å². The maximum atomic E-state index is 13.0. The van der Waals surface area contributed by atoms with Crippen LogP contribution in [0.1, 0.15) is 27.9 Å². The van der Waals surface area contributed by atoms with E-state index in [9.17, 15) is 31.5 Å². The fourth-order valence-corrected chi connectivity index (χ4v) is 3.94. The number of rotatable bonds is 8. The Bertz CT molecular complexity index is 1250. The standard InChI is InChI=1S/C23H21F3O6S/c1-31-22(28)20-9-5-3-7-16(20)12-13-18(27)14-17-11-10-15-6-2-4-8-19(15)21(17)32-33(29,30)23(24,25)26/h2-11,18,27H,12-14H2,1H3. The summed E-state index contributed by atoms with van der Waals surface area (Å²) in [6.45, 7) is 0. The Hall–Kier alpha value is -3.11. The van der Waals surface area contributed by atoms with Gasteiger partial charge in [0.25, 0.3) is 0 Å². The molecule has 10 heteroatoms. The van der Waals surface area contributed by atoms with Gasteiger partial charge in [0.2, 0.25) is 0 Å². The van der Waals surface area contributed by atoms with E-state index in [1.54, 1.807) is 48.5 Å². The van der Waals surface area contributed by atoms with Gasteiger partial charge in [-0.3, -0.25) is 0 Å². The van der Waals surface area contributed by atoms with E-state index in [4.69, 9.17) is 4.74 Å². The van der Waals surface area contributed by atoms with E-state index in [1.165, 1.54) is 19.2 Å². The van der Waals surface area contributed by atoms with Crippen LogP contribution in [0.3, 0.4) is 0 Å². The number of carbonyl (C=O) groups excluding carboxylic acids is 1. The molecular formula is C23H21F3O6S. The van der Waals surface area contributed by atoms with Crippen LogP contribution in [0.2, 0.25) is 0 Å². The minimum absolute atomic E-state index is 0.107. The summed E-state index contributed by atoms with van der Waals surface area (Å²) in [5.41, 5.74) is -4.51. The Labute approximate surface area is 188 Å². The number of hydrogen-bond donors (Lipinski definition) is 1. The van der Waals surface area contributed by atoms with Gasteiger partial charge in [-0.2, -0.15) is 21.6 Å². The number of alkyl halides is 3. The third-order valence-electron chi connectivity index (χ3n) is 5.06. The van der Waals surface area contributed by atoms with Crippen molar-refractivity contribution in [3.63, 3.8) is 0 Å². The average molecular weight is 482 g/mol. The molecule has 1 atom stereocenters. The lowest BCUT2D eigenvalue weighted by molar-refractivity contribution is -0.0499. The van der Waals surface area contributed by atoms with Crippen molar-refractivity contribution < 1.29 is 40.4 Å². The SMILES string of the molecule is COC(=O)c1ccccc1CCC(O)Cc1ccc2ccccc2c1OS(=O)(=O)C(F)(F)F. The lowest BCUT2D eigenvalue weighted by atomic mass is 9.96. The molecule has 0 aliphatic heterocycles. The predicted octanol–water partition coefficient (Wildman–Crippen LogP) is 4.39. The van der Waals surface area contributed by atoms with E-state index in [-0.39, 0.29) is 30.2 Å². The lowest BCUT2D eigenvalue weighted by Crippen LogP contribution is -2.28. The minimum atomic E-state index is -5.91. The first-order valence-electron chi connectivity index (χ1n) is 9.89. The van der Waals surface area contributed by atoms with Crippen LogP contribution in [-0.2, 0) is 27.7 Å². The van der Waals surface area contributed by atoms with E-state index in [0.717, 1.165) is 0 Å². The molecule has 0 bridgehead atoms. The van der Waals surface area contributed by atoms with Crippen molar-refractivity contribution in [1.82, 2.24) is 0 Å². The van der Waals surface area contributed by atoms with Crippen molar-refractivity contribution in [3.8, 4) is 5.75 Å². The average Bonchev–Trinajstić information content (AvgIpc) is 2.78. The maximum Gasteiger partial charge on any atom is 0.534 e. The van der Waals surface area contributed by atoms with Crippen molar-refractivity contribution in [3.05, 3.63) is 77.4 Å². The number of methoxy groups -OCH3 is 1. The second kappa shape index (κ2) is 9.80. The number of ether oxygens (including phenoxy) is 1. The summed E-state index contributed by atoms with van der Waals surface area (Å²) in [7, 11) is -4.65. The molecule has 0 saturated heterocycles. The summed E-state index contributed by atoms with van der Waals surface area (Å²) in [6.07, 6.45) is -0.759. The molecule has 3 aromatic carbocycles. The first kappa shape index (κ1) is 24.5. The molecular weight excluding hydrogens is 461 g/mol.